The van der Waals surface area contributed by atoms with Crippen LogP contribution in [0.15, 0.2) is 0 Å². The molecule has 0 fully saturated rings. The number of hydrogen-bond acceptors (Lipinski definition) is 1. The van der Waals surface area contributed by atoms with Crippen LogP contribution in [-0.4, -0.2) is 17.9 Å². The van der Waals surface area contributed by atoms with Crippen molar-refractivity contribution in [3.63, 3.8) is 0 Å². The third kappa shape index (κ3) is 14.3. The van der Waals surface area contributed by atoms with Crippen molar-refractivity contribution in [1.29, 1.82) is 0 Å². The van der Waals surface area contributed by atoms with E-state index < -0.39 is 12.1 Å². The Morgan fingerprint density at radius 1 is 1.07 bits per heavy atom. The summed E-state index contributed by atoms with van der Waals surface area (Å²) in [7, 11) is 0. The number of aliphatic hydroxyl groups is 1. The third-order valence-electron chi connectivity index (χ3n) is 1.35. The van der Waals surface area contributed by atoms with E-state index >= 15 is 0 Å². The quantitative estimate of drug-likeness (QED) is 0.755. The normalized spacial score (nSPS) is 11.8. The maximum Gasteiger partial charge on any atom is 0.391 e. The topological polar surface area (TPSA) is 20.2 Å². The van der Waals surface area contributed by atoms with Crippen LogP contribution < -0.4 is 0 Å². The van der Waals surface area contributed by atoms with Gasteiger partial charge in [-0.2, -0.15) is 13.2 Å². The smallest absolute Gasteiger partial charge is 0.391 e. The molecular formula is C10H23F3O. The van der Waals surface area contributed by atoms with Gasteiger partial charge in [0.1, 0.15) is 0 Å². The predicted octanol–water partition coefficient (Wildman–Crippen LogP) is 4.01. The molecular weight excluding hydrogens is 193 g/mol. The van der Waals surface area contributed by atoms with Crippen LogP contribution >= 0.6 is 0 Å². The minimum absolute atomic E-state index is 0.0139. The Morgan fingerprint density at radius 3 is 1.64 bits per heavy atom. The fourth-order valence-corrected chi connectivity index (χ4v) is 0.561. The maximum atomic E-state index is 11.7. The molecule has 0 spiro atoms. The van der Waals surface area contributed by atoms with Crippen LogP contribution in [0.4, 0.5) is 13.2 Å². The predicted molar refractivity (Wildman–Crippen MR) is 54.2 cm³/mol. The SMILES string of the molecule is CC.CC.CC(CCCO)C(F)(F)F. The molecule has 1 N–H and O–H groups in total. The van der Waals surface area contributed by atoms with Crippen molar-refractivity contribution in [1.82, 2.24) is 0 Å². The van der Waals surface area contributed by atoms with E-state index in [1.807, 2.05) is 27.7 Å². The summed E-state index contributed by atoms with van der Waals surface area (Å²) in [5.41, 5.74) is 0. The van der Waals surface area contributed by atoms with Crippen molar-refractivity contribution in [2.75, 3.05) is 6.61 Å². The lowest BCUT2D eigenvalue weighted by atomic mass is 10.1. The summed E-state index contributed by atoms with van der Waals surface area (Å²) in [5, 5.41) is 8.21. The van der Waals surface area contributed by atoms with E-state index in [0.29, 0.717) is 0 Å². The van der Waals surface area contributed by atoms with Crippen molar-refractivity contribution in [2.24, 2.45) is 5.92 Å². The highest BCUT2D eigenvalue weighted by atomic mass is 19.4. The highest BCUT2D eigenvalue weighted by Crippen LogP contribution is 2.28. The zero-order chi connectivity index (χ0) is 12.2. The molecule has 0 amide bonds. The Kier molecular flexibility index (Phi) is 17.6. The van der Waals surface area contributed by atoms with Gasteiger partial charge in [-0.05, 0) is 12.8 Å². The molecule has 1 nitrogen and oxygen atoms in total. The van der Waals surface area contributed by atoms with Gasteiger partial charge in [0.05, 0.1) is 5.92 Å². The second-order valence-electron chi connectivity index (χ2n) is 2.31. The lowest BCUT2D eigenvalue weighted by Gasteiger charge is -2.13. The molecule has 0 aliphatic rings. The summed E-state index contributed by atoms with van der Waals surface area (Å²) in [5.74, 6) is -1.29. The Hall–Kier alpha value is -0.250. The number of alkyl halides is 3. The fraction of sp³-hybridized carbons (Fsp3) is 1.00. The molecule has 0 saturated carbocycles. The van der Waals surface area contributed by atoms with Crippen LogP contribution in [0.2, 0.25) is 0 Å². The van der Waals surface area contributed by atoms with Gasteiger partial charge in [-0.25, -0.2) is 0 Å². The van der Waals surface area contributed by atoms with E-state index in [-0.39, 0.29) is 19.4 Å². The van der Waals surface area contributed by atoms with Gasteiger partial charge in [-0.15, -0.1) is 0 Å². The Morgan fingerprint density at radius 2 is 1.43 bits per heavy atom. The first-order chi connectivity index (χ1) is 6.48. The second-order valence-corrected chi connectivity index (χ2v) is 2.31. The molecule has 0 heterocycles. The molecule has 1 atom stereocenters. The van der Waals surface area contributed by atoms with Crippen molar-refractivity contribution in [3.8, 4) is 0 Å². The summed E-state index contributed by atoms with van der Waals surface area (Å²) in [4.78, 5) is 0. The van der Waals surface area contributed by atoms with Gasteiger partial charge in [0.15, 0.2) is 0 Å². The van der Waals surface area contributed by atoms with E-state index in [4.69, 9.17) is 5.11 Å². The van der Waals surface area contributed by atoms with Gasteiger partial charge in [-0.1, -0.05) is 34.6 Å². The number of hydrogen-bond donors (Lipinski definition) is 1. The molecule has 14 heavy (non-hydrogen) atoms. The second kappa shape index (κ2) is 12.8. The Balaban J connectivity index is -0.000000266. The van der Waals surface area contributed by atoms with Crippen LogP contribution in [0.3, 0.4) is 0 Å². The van der Waals surface area contributed by atoms with Crippen LogP contribution in [0.1, 0.15) is 47.5 Å². The van der Waals surface area contributed by atoms with E-state index in [9.17, 15) is 13.2 Å². The monoisotopic (exact) mass is 216 g/mol. The highest BCUT2D eigenvalue weighted by molar-refractivity contribution is 4.61. The largest absolute Gasteiger partial charge is 0.396 e. The zero-order valence-corrected chi connectivity index (χ0v) is 9.78. The molecule has 90 valence electrons. The summed E-state index contributed by atoms with van der Waals surface area (Å²) in [6.45, 7) is 8.95. The zero-order valence-electron chi connectivity index (χ0n) is 9.78. The molecule has 0 rings (SSSR count). The first-order valence-corrected chi connectivity index (χ1v) is 5.16. The van der Waals surface area contributed by atoms with Crippen molar-refractivity contribution >= 4 is 0 Å². The van der Waals surface area contributed by atoms with E-state index in [0.717, 1.165) is 6.92 Å². The Bertz CT molecular complexity index is 91.9. The molecule has 4 heteroatoms. The van der Waals surface area contributed by atoms with E-state index in [1.54, 1.807) is 0 Å². The van der Waals surface area contributed by atoms with Gasteiger partial charge in [-0.3, -0.25) is 0 Å². The minimum Gasteiger partial charge on any atom is -0.396 e. The van der Waals surface area contributed by atoms with Gasteiger partial charge in [0, 0.05) is 6.61 Å². The number of halogens is 3. The molecule has 0 aliphatic heterocycles. The van der Waals surface area contributed by atoms with E-state index in [2.05, 4.69) is 0 Å². The first kappa shape index (κ1) is 19.3. The first-order valence-electron chi connectivity index (χ1n) is 5.16. The third-order valence-corrected chi connectivity index (χ3v) is 1.35. The van der Waals surface area contributed by atoms with Crippen LogP contribution in [0.5, 0.6) is 0 Å². The minimum atomic E-state index is -4.10. The van der Waals surface area contributed by atoms with Crippen molar-refractivity contribution < 1.29 is 18.3 Å². The molecule has 0 aromatic rings. The van der Waals surface area contributed by atoms with Crippen LogP contribution in [0.25, 0.3) is 0 Å². The van der Waals surface area contributed by atoms with Gasteiger partial charge >= 0.3 is 6.18 Å². The number of rotatable bonds is 3. The van der Waals surface area contributed by atoms with Gasteiger partial charge in [0.25, 0.3) is 0 Å². The molecule has 0 aromatic carbocycles. The average molecular weight is 216 g/mol. The van der Waals surface area contributed by atoms with E-state index in [1.165, 1.54) is 0 Å². The van der Waals surface area contributed by atoms with Gasteiger partial charge in [0.2, 0.25) is 0 Å². The summed E-state index contributed by atoms with van der Waals surface area (Å²) in [6, 6.07) is 0. The molecule has 0 radical (unpaired) electrons. The Labute approximate surface area is 85.3 Å². The van der Waals surface area contributed by atoms with Crippen LogP contribution in [0, 0.1) is 5.92 Å². The molecule has 0 bridgehead atoms. The lowest BCUT2D eigenvalue weighted by molar-refractivity contribution is -0.171. The molecule has 0 aromatic heterocycles. The van der Waals surface area contributed by atoms with Crippen LogP contribution in [-0.2, 0) is 0 Å². The van der Waals surface area contributed by atoms with Crippen molar-refractivity contribution in [2.45, 2.75) is 53.6 Å². The summed E-state index contributed by atoms with van der Waals surface area (Å²) >= 11 is 0. The summed E-state index contributed by atoms with van der Waals surface area (Å²) < 4.78 is 35.1. The lowest BCUT2D eigenvalue weighted by Crippen LogP contribution is -2.19. The average Bonchev–Trinajstić information content (AvgIpc) is 2.19. The highest BCUT2D eigenvalue weighted by Gasteiger charge is 2.34. The molecule has 0 aliphatic carbocycles. The number of aliphatic hydroxyl groups excluding tert-OH is 1. The molecule has 1 unspecified atom stereocenters. The molecule has 0 saturated heterocycles. The summed E-state index contributed by atoms with van der Waals surface area (Å²) in [6.07, 6.45) is -3.87. The van der Waals surface area contributed by atoms with Crippen molar-refractivity contribution in [3.05, 3.63) is 0 Å². The standard InChI is InChI=1S/C6H11F3O.2C2H6/c1-5(3-2-4-10)6(7,8)9;2*1-2/h5,10H,2-4H2,1H3;2*1-2H3. The van der Waals surface area contributed by atoms with Gasteiger partial charge < -0.3 is 5.11 Å². The fourth-order valence-electron chi connectivity index (χ4n) is 0.561. The maximum absolute atomic E-state index is 11.7.